The standard InChI is InChI=1S/C26H25N5O4S/c1-19-6-5-9-21(14-19)18-36-26-29-28-24(30(26)22-10-12-23(13-11-22)31(33)34)15-27-25(32)17-35-16-20-7-3-2-4-8-20/h2-14H,15-18H2,1H3,(H,27,32). The predicted octanol–water partition coefficient (Wildman–Crippen LogP) is 4.61. The minimum absolute atomic E-state index is 0.00814. The molecule has 36 heavy (non-hydrogen) atoms. The van der Waals surface area contributed by atoms with E-state index in [2.05, 4.69) is 21.6 Å². The summed E-state index contributed by atoms with van der Waals surface area (Å²) in [6, 6.07) is 24.0. The zero-order chi connectivity index (χ0) is 25.3. The number of hydrogen-bond donors (Lipinski definition) is 1. The van der Waals surface area contributed by atoms with Crippen LogP contribution in [-0.4, -0.2) is 32.2 Å². The molecule has 1 N–H and O–H groups in total. The van der Waals surface area contributed by atoms with Gasteiger partial charge in [0.15, 0.2) is 11.0 Å². The first-order chi connectivity index (χ1) is 17.5. The normalized spacial score (nSPS) is 10.8. The smallest absolute Gasteiger partial charge is 0.269 e. The lowest BCUT2D eigenvalue weighted by Gasteiger charge is -2.11. The number of non-ortho nitro benzene ring substituents is 1. The van der Waals surface area contributed by atoms with Crippen molar-refractivity contribution in [1.29, 1.82) is 0 Å². The number of amides is 1. The van der Waals surface area contributed by atoms with Crippen molar-refractivity contribution < 1.29 is 14.5 Å². The molecule has 0 spiro atoms. The lowest BCUT2D eigenvalue weighted by Crippen LogP contribution is -2.28. The number of nitrogens with zero attached hydrogens (tertiary/aromatic N) is 4. The first kappa shape index (κ1) is 25.1. The van der Waals surface area contributed by atoms with Gasteiger partial charge in [-0.1, -0.05) is 71.9 Å². The van der Waals surface area contributed by atoms with Gasteiger partial charge in [-0.3, -0.25) is 19.5 Å². The van der Waals surface area contributed by atoms with Gasteiger partial charge in [0.2, 0.25) is 5.91 Å². The summed E-state index contributed by atoms with van der Waals surface area (Å²) in [5.41, 5.74) is 3.96. The second-order valence-corrected chi connectivity index (χ2v) is 8.98. The maximum atomic E-state index is 12.3. The molecule has 0 aliphatic heterocycles. The van der Waals surface area contributed by atoms with E-state index in [1.807, 2.05) is 55.5 Å². The van der Waals surface area contributed by atoms with E-state index < -0.39 is 4.92 Å². The van der Waals surface area contributed by atoms with Crippen LogP contribution in [0.2, 0.25) is 0 Å². The first-order valence-corrected chi connectivity index (χ1v) is 12.2. The topological polar surface area (TPSA) is 112 Å². The number of hydrogen-bond acceptors (Lipinski definition) is 7. The Balaban J connectivity index is 1.45. The van der Waals surface area contributed by atoms with Gasteiger partial charge < -0.3 is 10.1 Å². The van der Waals surface area contributed by atoms with Crippen LogP contribution >= 0.6 is 11.8 Å². The van der Waals surface area contributed by atoms with Gasteiger partial charge in [-0.25, -0.2) is 0 Å². The molecule has 9 nitrogen and oxygen atoms in total. The van der Waals surface area contributed by atoms with Gasteiger partial charge in [-0.05, 0) is 30.2 Å². The summed E-state index contributed by atoms with van der Waals surface area (Å²) in [6.07, 6.45) is 0. The Morgan fingerprint density at radius 3 is 2.50 bits per heavy atom. The Morgan fingerprint density at radius 2 is 1.78 bits per heavy atom. The van der Waals surface area contributed by atoms with Crippen LogP contribution in [0.15, 0.2) is 84.0 Å². The van der Waals surface area contributed by atoms with E-state index in [4.69, 9.17) is 4.74 Å². The van der Waals surface area contributed by atoms with Crippen LogP contribution in [0.25, 0.3) is 5.69 Å². The van der Waals surface area contributed by atoms with Gasteiger partial charge in [0.05, 0.1) is 18.1 Å². The predicted molar refractivity (Wildman–Crippen MR) is 137 cm³/mol. The highest BCUT2D eigenvalue weighted by molar-refractivity contribution is 7.98. The Hall–Kier alpha value is -4.02. The number of ether oxygens (including phenoxy) is 1. The summed E-state index contributed by atoms with van der Waals surface area (Å²) in [5, 5.41) is 23.1. The van der Waals surface area contributed by atoms with Crippen molar-refractivity contribution in [2.75, 3.05) is 6.61 Å². The maximum absolute atomic E-state index is 12.3. The Labute approximate surface area is 212 Å². The van der Waals surface area contributed by atoms with Crippen LogP contribution in [-0.2, 0) is 28.4 Å². The molecule has 0 atom stereocenters. The van der Waals surface area contributed by atoms with E-state index in [0.29, 0.717) is 29.0 Å². The molecule has 4 aromatic rings. The molecule has 10 heteroatoms. The third kappa shape index (κ3) is 6.77. The van der Waals surface area contributed by atoms with E-state index in [0.717, 1.165) is 11.1 Å². The second-order valence-electron chi connectivity index (χ2n) is 8.04. The zero-order valence-corrected chi connectivity index (χ0v) is 20.5. The number of nitro groups is 1. The molecule has 0 unspecified atom stereocenters. The van der Waals surface area contributed by atoms with Crippen molar-refractivity contribution in [3.8, 4) is 5.69 Å². The molecule has 3 aromatic carbocycles. The molecule has 0 aliphatic carbocycles. The number of carbonyl (C=O) groups excluding carboxylic acids is 1. The Kier molecular flexibility index (Phi) is 8.43. The molecule has 1 aromatic heterocycles. The molecule has 0 bridgehead atoms. The number of thioether (sulfide) groups is 1. The summed E-state index contributed by atoms with van der Waals surface area (Å²) in [5.74, 6) is 0.900. The lowest BCUT2D eigenvalue weighted by molar-refractivity contribution is -0.384. The molecule has 1 amide bonds. The molecular formula is C26H25N5O4S. The summed E-state index contributed by atoms with van der Waals surface area (Å²) in [6.45, 7) is 2.42. The van der Waals surface area contributed by atoms with Crippen molar-refractivity contribution in [3.63, 3.8) is 0 Å². The fraction of sp³-hybridized carbons (Fsp3) is 0.192. The molecule has 0 fully saturated rings. The Bertz CT molecular complexity index is 1330. The fourth-order valence-corrected chi connectivity index (χ4v) is 4.42. The maximum Gasteiger partial charge on any atom is 0.269 e. The van der Waals surface area contributed by atoms with Crippen molar-refractivity contribution in [1.82, 2.24) is 20.1 Å². The zero-order valence-electron chi connectivity index (χ0n) is 19.7. The summed E-state index contributed by atoms with van der Waals surface area (Å²) in [4.78, 5) is 23.0. The molecule has 4 rings (SSSR count). The number of benzene rings is 3. The van der Waals surface area contributed by atoms with Crippen molar-refractivity contribution in [2.24, 2.45) is 0 Å². The summed E-state index contributed by atoms with van der Waals surface area (Å²) < 4.78 is 7.30. The van der Waals surface area contributed by atoms with Crippen molar-refractivity contribution in [2.45, 2.75) is 31.0 Å². The molecule has 0 saturated heterocycles. The van der Waals surface area contributed by atoms with E-state index >= 15 is 0 Å². The monoisotopic (exact) mass is 503 g/mol. The van der Waals surface area contributed by atoms with E-state index in [9.17, 15) is 14.9 Å². The average molecular weight is 504 g/mol. The van der Waals surface area contributed by atoms with Crippen molar-refractivity contribution >= 4 is 23.4 Å². The van der Waals surface area contributed by atoms with Gasteiger partial charge in [-0.15, -0.1) is 10.2 Å². The van der Waals surface area contributed by atoms with Crippen LogP contribution in [0.4, 0.5) is 5.69 Å². The van der Waals surface area contributed by atoms with Gasteiger partial charge in [0.25, 0.3) is 5.69 Å². The highest BCUT2D eigenvalue weighted by atomic mass is 32.2. The van der Waals surface area contributed by atoms with Crippen LogP contribution in [0.3, 0.4) is 0 Å². The number of aromatic nitrogens is 3. The number of nitro benzene ring substituents is 1. The molecular weight excluding hydrogens is 478 g/mol. The molecule has 184 valence electrons. The third-order valence-corrected chi connectivity index (χ3v) is 6.26. The first-order valence-electron chi connectivity index (χ1n) is 11.3. The lowest BCUT2D eigenvalue weighted by atomic mass is 10.2. The highest BCUT2D eigenvalue weighted by Crippen LogP contribution is 2.26. The van der Waals surface area contributed by atoms with Crippen LogP contribution in [0.1, 0.15) is 22.5 Å². The number of nitrogens with one attached hydrogen (secondary N) is 1. The second kappa shape index (κ2) is 12.1. The summed E-state index contributed by atoms with van der Waals surface area (Å²) >= 11 is 1.50. The fourth-order valence-electron chi connectivity index (χ4n) is 3.51. The van der Waals surface area contributed by atoms with Gasteiger partial charge >= 0.3 is 0 Å². The van der Waals surface area contributed by atoms with Crippen molar-refractivity contribution in [3.05, 3.63) is 111 Å². The molecule has 0 radical (unpaired) electrons. The average Bonchev–Trinajstić information content (AvgIpc) is 3.30. The molecule has 0 saturated carbocycles. The highest BCUT2D eigenvalue weighted by Gasteiger charge is 2.17. The van der Waals surface area contributed by atoms with Crippen LogP contribution in [0, 0.1) is 17.0 Å². The minimum atomic E-state index is -0.445. The van der Waals surface area contributed by atoms with Gasteiger partial charge in [-0.2, -0.15) is 0 Å². The SMILES string of the molecule is Cc1cccc(CSc2nnc(CNC(=O)COCc3ccccc3)n2-c2ccc([N+](=O)[O-])cc2)c1. The van der Waals surface area contributed by atoms with Gasteiger partial charge in [0.1, 0.15) is 6.61 Å². The van der Waals surface area contributed by atoms with Crippen LogP contribution in [0.5, 0.6) is 0 Å². The number of carbonyl (C=O) groups is 1. The molecule has 1 heterocycles. The number of aryl methyl sites for hydroxylation is 1. The quantitative estimate of drug-likeness (QED) is 0.181. The molecule has 0 aliphatic rings. The summed E-state index contributed by atoms with van der Waals surface area (Å²) in [7, 11) is 0. The van der Waals surface area contributed by atoms with E-state index in [1.54, 1.807) is 16.7 Å². The van der Waals surface area contributed by atoms with E-state index in [1.165, 1.54) is 29.5 Å². The Morgan fingerprint density at radius 1 is 1.03 bits per heavy atom. The van der Waals surface area contributed by atoms with Crippen LogP contribution < -0.4 is 5.32 Å². The van der Waals surface area contributed by atoms with E-state index in [-0.39, 0.29) is 24.7 Å². The minimum Gasteiger partial charge on any atom is -0.367 e. The third-order valence-electron chi connectivity index (χ3n) is 5.26. The van der Waals surface area contributed by atoms with Gasteiger partial charge in [0, 0.05) is 23.6 Å². The number of rotatable bonds is 11. The largest absolute Gasteiger partial charge is 0.367 e.